The first-order valence-electron chi connectivity index (χ1n) is 17.0. The molecule has 1 aromatic heterocycles. The molecule has 1 heterocycles. The van der Waals surface area contributed by atoms with E-state index in [9.17, 15) is 0 Å². The summed E-state index contributed by atoms with van der Waals surface area (Å²) in [7, 11) is 0. The van der Waals surface area contributed by atoms with Gasteiger partial charge >= 0.3 is 0 Å². The van der Waals surface area contributed by atoms with E-state index in [1.807, 2.05) is 12.1 Å². The van der Waals surface area contributed by atoms with Gasteiger partial charge in [0.05, 0.1) is 5.69 Å². The normalized spacial score (nSPS) is 11.2. The average Bonchev–Trinajstić information content (AvgIpc) is 3.57. The number of hydrogen-bond acceptors (Lipinski definition) is 2. The van der Waals surface area contributed by atoms with Crippen LogP contribution in [-0.4, -0.2) is 0 Å². The van der Waals surface area contributed by atoms with Gasteiger partial charge in [0, 0.05) is 33.8 Å². The van der Waals surface area contributed by atoms with Crippen LogP contribution in [0.4, 0.5) is 17.1 Å². The lowest BCUT2D eigenvalue weighted by Crippen LogP contribution is -2.11. The molecule has 0 bridgehead atoms. The van der Waals surface area contributed by atoms with Gasteiger partial charge in [0.1, 0.15) is 11.2 Å². The quantitative estimate of drug-likeness (QED) is 0.173. The maximum atomic E-state index is 6.40. The minimum atomic E-state index is 0.867. The number of furan rings is 1. The SMILES string of the molecule is c1ccc(-c2ccc(-c3ccc(N(c4ccc(-c5ccccc5)cc4)c4ccc5c(c4)oc4ccccc45)c(-c4ccccc4)c3)cc2)cc1. The molecular formula is C48H33NO. The third kappa shape index (κ3) is 5.53. The van der Waals surface area contributed by atoms with Crippen LogP contribution < -0.4 is 4.90 Å². The Morgan fingerprint density at radius 3 is 1.40 bits per heavy atom. The molecule has 0 aliphatic carbocycles. The molecule has 0 aliphatic rings. The summed E-state index contributed by atoms with van der Waals surface area (Å²) in [5.41, 5.74) is 14.4. The summed E-state index contributed by atoms with van der Waals surface area (Å²) in [6.45, 7) is 0. The van der Waals surface area contributed by atoms with E-state index in [1.165, 1.54) is 33.4 Å². The fraction of sp³-hybridized carbons (Fsp3) is 0. The Balaban J connectivity index is 1.21. The molecule has 0 saturated heterocycles. The van der Waals surface area contributed by atoms with Gasteiger partial charge in [-0.3, -0.25) is 0 Å². The van der Waals surface area contributed by atoms with Crippen LogP contribution in [0.2, 0.25) is 0 Å². The lowest BCUT2D eigenvalue weighted by Gasteiger charge is -2.28. The molecular weight excluding hydrogens is 607 g/mol. The van der Waals surface area contributed by atoms with Gasteiger partial charge in [0.25, 0.3) is 0 Å². The highest BCUT2D eigenvalue weighted by Gasteiger charge is 2.20. The molecule has 0 saturated carbocycles. The van der Waals surface area contributed by atoms with E-state index < -0.39 is 0 Å². The van der Waals surface area contributed by atoms with Crippen molar-refractivity contribution in [3.05, 3.63) is 200 Å². The fourth-order valence-electron chi connectivity index (χ4n) is 6.96. The van der Waals surface area contributed by atoms with Crippen molar-refractivity contribution in [1.29, 1.82) is 0 Å². The van der Waals surface area contributed by atoms with Crippen molar-refractivity contribution in [2.24, 2.45) is 0 Å². The van der Waals surface area contributed by atoms with Crippen molar-refractivity contribution in [2.45, 2.75) is 0 Å². The van der Waals surface area contributed by atoms with Crippen molar-refractivity contribution in [1.82, 2.24) is 0 Å². The highest BCUT2D eigenvalue weighted by molar-refractivity contribution is 6.06. The molecule has 0 atom stereocenters. The van der Waals surface area contributed by atoms with Crippen LogP contribution in [0.3, 0.4) is 0 Å². The predicted octanol–water partition coefficient (Wildman–Crippen LogP) is 13.7. The number of benzene rings is 8. The van der Waals surface area contributed by atoms with Crippen molar-refractivity contribution in [2.75, 3.05) is 4.90 Å². The predicted molar refractivity (Wildman–Crippen MR) is 210 cm³/mol. The van der Waals surface area contributed by atoms with E-state index in [-0.39, 0.29) is 0 Å². The van der Waals surface area contributed by atoms with Gasteiger partial charge in [-0.1, -0.05) is 152 Å². The van der Waals surface area contributed by atoms with Crippen LogP contribution in [0.1, 0.15) is 0 Å². The summed E-state index contributed by atoms with van der Waals surface area (Å²) in [4.78, 5) is 2.35. The van der Waals surface area contributed by atoms with E-state index in [0.717, 1.165) is 50.1 Å². The monoisotopic (exact) mass is 639 g/mol. The Morgan fingerprint density at radius 2 is 0.760 bits per heavy atom. The van der Waals surface area contributed by atoms with Gasteiger partial charge in [0.2, 0.25) is 0 Å². The molecule has 8 aromatic carbocycles. The number of rotatable bonds is 7. The van der Waals surface area contributed by atoms with Gasteiger partial charge in [-0.25, -0.2) is 0 Å². The Kier molecular flexibility index (Phi) is 7.53. The van der Waals surface area contributed by atoms with E-state index in [1.54, 1.807) is 0 Å². The fourth-order valence-corrected chi connectivity index (χ4v) is 6.96. The van der Waals surface area contributed by atoms with Crippen molar-refractivity contribution < 1.29 is 4.42 Å². The minimum absolute atomic E-state index is 0.867. The molecule has 2 nitrogen and oxygen atoms in total. The van der Waals surface area contributed by atoms with E-state index in [0.29, 0.717) is 0 Å². The van der Waals surface area contributed by atoms with E-state index in [2.05, 4.69) is 193 Å². The van der Waals surface area contributed by atoms with E-state index in [4.69, 9.17) is 4.42 Å². The molecule has 0 amide bonds. The number of anilines is 3. The molecule has 0 unspecified atom stereocenters. The number of para-hydroxylation sites is 1. The van der Waals surface area contributed by atoms with Crippen LogP contribution >= 0.6 is 0 Å². The second-order valence-corrected chi connectivity index (χ2v) is 12.6. The molecule has 0 radical (unpaired) electrons. The van der Waals surface area contributed by atoms with Crippen molar-refractivity contribution in [3.8, 4) is 44.5 Å². The van der Waals surface area contributed by atoms with Gasteiger partial charge in [-0.15, -0.1) is 0 Å². The second-order valence-electron chi connectivity index (χ2n) is 12.6. The van der Waals surface area contributed by atoms with E-state index >= 15 is 0 Å². The molecule has 50 heavy (non-hydrogen) atoms. The van der Waals surface area contributed by atoms with Crippen molar-refractivity contribution in [3.63, 3.8) is 0 Å². The first-order chi connectivity index (χ1) is 24.8. The smallest absolute Gasteiger partial charge is 0.137 e. The first-order valence-corrected chi connectivity index (χ1v) is 17.0. The maximum absolute atomic E-state index is 6.40. The molecule has 236 valence electrons. The second kappa shape index (κ2) is 12.8. The molecule has 0 fully saturated rings. The summed E-state index contributed by atoms with van der Waals surface area (Å²) in [5, 5.41) is 2.24. The van der Waals surface area contributed by atoms with Crippen LogP contribution in [0.5, 0.6) is 0 Å². The largest absolute Gasteiger partial charge is 0.456 e. The number of nitrogens with zero attached hydrogens (tertiary/aromatic N) is 1. The number of hydrogen-bond donors (Lipinski definition) is 0. The summed E-state index contributed by atoms with van der Waals surface area (Å²) in [5.74, 6) is 0. The summed E-state index contributed by atoms with van der Waals surface area (Å²) in [6.07, 6.45) is 0. The third-order valence-electron chi connectivity index (χ3n) is 9.50. The standard InChI is InChI=1S/C48H33NO/c1-4-12-34(13-5-1)36-20-22-38(23-21-36)40-26-31-46(45(32-40)39-16-8-3-9-17-39)49(41-27-24-37(25-28-41)35-14-6-2-7-15-35)42-29-30-44-43-18-10-11-19-47(43)50-48(44)33-42/h1-33H. The third-order valence-corrected chi connectivity index (χ3v) is 9.50. The van der Waals surface area contributed by atoms with Gasteiger partial charge in [-0.2, -0.15) is 0 Å². The molecule has 9 aromatic rings. The highest BCUT2D eigenvalue weighted by Crippen LogP contribution is 2.44. The lowest BCUT2D eigenvalue weighted by molar-refractivity contribution is 0.669. The van der Waals surface area contributed by atoms with Crippen LogP contribution in [0.25, 0.3) is 66.4 Å². The zero-order valence-corrected chi connectivity index (χ0v) is 27.4. The first kappa shape index (κ1) is 29.5. The number of fused-ring (bicyclic) bond motifs is 3. The molecule has 0 aliphatic heterocycles. The van der Waals surface area contributed by atoms with Gasteiger partial charge < -0.3 is 9.32 Å². The Labute approximate surface area is 292 Å². The maximum Gasteiger partial charge on any atom is 0.137 e. The molecule has 2 heteroatoms. The van der Waals surface area contributed by atoms with Crippen LogP contribution in [0.15, 0.2) is 205 Å². The Morgan fingerprint density at radius 1 is 0.300 bits per heavy atom. The Hall–Kier alpha value is -6.64. The zero-order valence-electron chi connectivity index (χ0n) is 27.4. The van der Waals surface area contributed by atoms with Crippen molar-refractivity contribution >= 4 is 39.0 Å². The molecule has 0 spiro atoms. The minimum Gasteiger partial charge on any atom is -0.456 e. The summed E-state index contributed by atoms with van der Waals surface area (Å²) < 4.78 is 6.40. The summed E-state index contributed by atoms with van der Waals surface area (Å²) >= 11 is 0. The summed E-state index contributed by atoms with van der Waals surface area (Å²) in [6, 6.07) is 71.1. The average molecular weight is 640 g/mol. The van der Waals surface area contributed by atoms with Gasteiger partial charge in [-0.05, 0) is 81.4 Å². The highest BCUT2D eigenvalue weighted by atomic mass is 16.3. The lowest BCUT2D eigenvalue weighted by atomic mass is 9.95. The van der Waals surface area contributed by atoms with Crippen LogP contribution in [-0.2, 0) is 0 Å². The van der Waals surface area contributed by atoms with Crippen LogP contribution in [0, 0.1) is 0 Å². The zero-order chi connectivity index (χ0) is 33.3. The molecule has 9 rings (SSSR count). The Bertz CT molecular complexity index is 2550. The molecule has 0 N–H and O–H groups in total. The topological polar surface area (TPSA) is 16.4 Å². The van der Waals surface area contributed by atoms with Gasteiger partial charge in [0.15, 0.2) is 0 Å².